The van der Waals surface area contributed by atoms with Crippen molar-refractivity contribution in [3.05, 3.63) is 63.6 Å². The molecule has 0 aliphatic heterocycles. The Hall–Kier alpha value is -2.04. The van der Waals surface area contributed by atoms with E-state index in [-0.39, 0.29) is 17.0 Å². The Morgan fingerprint density at radius 1 is 1.10 bits per heavy atom. The summed E-state index contributed by atoms with van der Waals surface area (Å²) in [4.78, 5) is 23.0. The van der Waals surface area contributed by atoms with Crippen LogP contribution in [0.1, 0.15) is 15.9 Å². The van der Waals surface area contributed by atoms with Crippen LogP contribution in [0.2, 0.25) is 10.0 Å². The highest BCUT2D eigenvalue weighted by Crippen LogP contribution is 2.23. The minimum Gasteiger partial charge on any atom is -0.481 e. The van der Waals surface area contributed by atoms with E-state index in [9.17, 15) is 9.59 Å². The van der Waals surface area contributed by atoms with Gasteiger partial charge in [-0.15, -0.1) is 0 Å². The second-order valence-electron chi connectivity index (χ2n) is 4.31. The van der Waals surface area contributed by atoms with Gasteiger partial charge in [0.1, 0.15) is 0 Å². The second kappa shape index (κ2) is 6.61. The average molecular weight is 324 g/mol. The largest absolute Gasteiger partial charge is 0.481 e. The van der Waals surface area contributed by atoms with Crippen molar-refractivity contribution in [3.8, 4) is 0 Å². The molecule has 0 spiro atoms. The minimum absolute atomic E-state index is 0.181. The van der Waals surface area contributed by atoms with Gasteiger partial charge in [0.2, 0.25) is 0 Å². The Bertz CT molecular complexity index is 701. The van der Waals surface area contributed by atoms with Crippen molar-refractivity contribution in [1.82, 2.24) is 0 Å². The number of rotatable bonds is 4. The van der Waals surface area contributed by atoms with E-state index in [1.54, 1.807) is 30.3 Å². The van der Waals surface area contributed by atoms with Crippen LogP contribution in [0.25, 0.3) is 0 Å². The first kappa shape index (κ1) is 15.4. The summed E-state index contributed by atoms with van der Waals surface area (Å²) in [6, 6.07) is 11.3. The maximum Gasteiger partial charge on any atom is 0.307 e. The van der Waals surface area contributed by atoms with Crippen molar-refractivity contribution in [2.24, 2.45) is 0 Å². The molecule has 0 atom stereocenters. The van der Waals surface area contributed by atoms with E-state index in [0.717, 1.165) is 0 Å². The fourth-order valence-electron chi connectivity index (χ4n) is 1.82. The molecule has 2 aromatic carbocycles. The monoisotopic (exact) mass is 323 g/mol. The van der Waals surface area contributed by atoms with Crippen LogP contribution in [0, 0.1) is 0 Å². The summed E-state index contributed by atoms with van der Waals surface area (Å²) in [6.07, 6.45) is -0.181. The van der Waals surface area contributed by atoms with Gasteiger partial charge in [0.05, 0.1) is 17.0 Å². The Balaban J connectivity index is 2.27. The molecule has 0 aliphatic carbocycles. The highest BCUT2D eigenvalue weighted by Gasteiger charge is 2.14. The maximum absolute atomic E-state index is 12.2. The van der Waals surface area contributed by atoms with Crippen molar-refractivity contribution in [3.63, 3.8) is 0 Å². The summed E-state index contributed by atoms with van der Waals surface area (Å²) in [5.41, 5.74) is 1.17. The molecule has 0 heterocycles. The first-order valence-electron chi connectivity index (χ1n) is 6.03. The van der Waals surface area contributed by atoms with Gasteiger partial charge in [0.25, 0.3) is 5.91 Å². The second-order valence-corrected chi connectivity index (χ2v) is 5.15. The summed E-state index contributed by atoms with van der Waals surface area (Å²) >= 11 is 11.8. The number of para-hydroxylation sites is 1. The lowest BCUT2D eigenvalue weighted by Gasteiger charge is -2.10. The van der Waals surface area contributed by atoms with Crippen molar-refractivity contribution in [2.75, 3.05) is 5.32 Å². The van der Waals surface area contributed by atoms with Gasteiger partial charge in [-0.2, -0.15) is 0 Å². The zero-order chi connectivity index (χ0) is 15.4. The lowest BCUT2D eigenvalue weighted by molar-refractivity contribution is -0.136. The molecule has 0 aliphatic rings. The van der Waals surface area contributed by atoms with Crippen LogP contribution < -0.4 is 5.32 Å². The zero-order valence-corrected chi connectivity index (χ0v) is 12.3. The van der Waals surface area contributed by atoms with Crippen LogP contribution in [0.5, 0.6) is 0 Å². The number of nitrogens with one attached hydrogen (secondary N) is 1. The van der Waals surface area contributed by atoms with Crippen LogP contribution in [0.15, 0.2) is 42.5 Å². The van der Waals surface area contributed by atoms with Gasteiger partial charge in [-0.1, -0.05) is 41.4 Å². The molecular weight excluding hydrogens is 313 g/mol. The van der Waals surface area contributed by atoms with E-state index < -0.39 is 11.9 Å². The van der Waals surface area contributed by atoms with Crippen LogP contribution in [-0.4, -0.2) is 17.0 Å². The number of carbonyl (C=O) groups is 2. The highest BCUT2D eigenvalue weighted by atomic mass is 35.5. The first-order valence-corrected chi connectivity index (χ1v) is 6.79. The van der Waals surface area contributed by atoms with Gasteiger partial charge in [0, 0.05) is 10.7 Å². The van der Waals surface area contributed by atoms with E-state index in [4.69, 9.17) is 28.3 Å². The number of hydrogen-bond donors (Lipinski definition) is 2. The van der Waals surface area contributed by atoms with Crippen LogP contribution >= 0.6 is 23.2 Å². The molecule has 4 nitrogen and oxygen atoms in total. The molecule has 0 saturated heterocycles. The van der Waals surface area contributed by atoms with E-state index >= 15 is 0 Å². The lowest BCUT2D eigenvalue weighted by Crippen LogP contribution is -2.15. The smallest absolute Gasteiger partial charge is 0.307 e. The number of carbonyl (C=O) groups excluding carboxylic acids is 1. The van der Waals surface area contributed by atoms with Crippen molar-refractivity contribution >= 4 is 40.8 Å². The van der Waals surface area contributed by atoms with E-state index in [0.29, 0.717) is 16.3 Å². The topological polar surface area (TPSA) is 66.4 Å². The Morgan fingerprint density at radius 2 is 1.81 bits per heavy atom. The number of anilines is 1. The van der Waals surface area contributed by atoms with Gasteiger partial charge >= 0.3 is 5.97 Å². The fraction of sp³-hybridized carbons (Fsp3) is 0.0667. The Kier molecular flexibility index (Phi) is 4.83. The summed E-state index contributed by atoms with van der Waals surface area (Å²) < 4.78 is 0. The van der Waals surface area contributed by atoms with Gasteiger partial charge in [-0.25, -0.2) is 0 Å². The Morgan fingerprint density at radius 3 is 2.52 bits per heavy atom. The number of benzene rings is 2. The molecule has 0 radical (unpaired) electrons. The molecule has 6 heteroatoms. The van der Waals surface area contributed by atoms with Gasteiger partial charge in [-0.05, 0) is 29.8 Å². The minimum atomic E-state index is -0.975. The number of amides is 1. The van der Waals surface area contributed by atoms with Gasteiger partial charge in [-0.3, -0.25) is 9.59 Å². The number of carboxylic acids is 1. The van der Waals surface area contributed by atoms with E-state index in [1.807, 2.05) is 0 Å². The third-order valence-corrected chi connectivity index (χ3v) is 3.34. The molecular formula is C15H11Cl2NO3. The quantitative estimate of drug-likeness (QED) is 0.897. The average Bonchev–Trinajstić information content (AvgIpc) is 2.43. The van der Waals surface area contributed by atoms with Crippen molar-refractivity contribution in [2.45, 2.75) is 6.42 Å². The summed E-state index contributed by atoms with van der Waals surface area (Å²) in [5, 5.41) is 12.2. The molecule has 108 valence electrons. The third kappa shape index (κ3) is 3.97. The Labute approximate surface area is 131 Å². The van der Waals surface area contributed by atoms with E-state index in [1.165, 1.54) is 12.1 Å². The lowest BCUT2D eigenvalue weighted by atomic mass is 10.1. The van der Waals surface area contributed by atoms with E-state index in [2.05, 4.69) is 5.32 Å². The summed E-state index contributed by atoms with van der Waals surface area (Å²) in [5.74, 6) is -1.42. The molecule has 0 bridgehead atoms. The molecule has 0 aromatic heterocycles. The number of carboxylic acid groups (broad SMARTS) is 1. The molecule has 0 fully saturated rings. The number of halogens is 2. The predicted octanol–water partition coefficient (Wildman–Crippen LogP) is 3.87. The predicted molar refractivity (Wildman–Crippen MR) is 82.2 cm³/mol. The third-order valence-electron chi connectivity index (χ3n) is 2.78. The van der Waals surface area contributed by atoms with Crippen LogP contribution in [0.4, 0.5) is 5.69 Å². The van der Waals surface area contributed by atoms with Crippen LogP contribution in [0.3, 0.4) is 0 Å². The molecule has 2 N–H and O–H groups in total. The van der Waals surface area contributed by atoms with Crippen molar-refractivity contribution < 1.29 is 14.7 Å². The molecule has 2 aromatic rings. The maximum atomic E-state index is 12.2. The normalized spacial score (nSPS) is 10.2. The summed E-state index contributed by atoms with van der Waals surface area (Å²) in [6.45, 7) is 0. The number of hydrogen-bond acceptors (Lipinski definition) is 2. The van der Waals surface area contributed by atoms with Crippen LogP contribution in [-0.2, 0) is 11.2 Å². The SMILES string of the molecule is O=C(O)Cc1ccccc1NC(=O)c1cc(Cl)ccc1Cl. The highest BCUT2D eigenvalue weighted by molar-refractivity contribution is 6.36. The molecule has 0 unspecified atom stereocenters. The van der Waals surface area contributed by atoms with Gasteiger partial charge < -0.3 is 10.4 Å². The molecule has 21 heavy (non-hydrogen) atoms. The summed E-state index contributed by atoms with van der Waals surface area (Å²) in [7, 11) is 0. The van der Waals surface area contributed by atoms with Gasteiger partial charge in [0.15, 0.2) is 0 Å². The zero-order valence-electron chi connectivity index (χ0n) is 10.8. The molecule has 1 amide bonds. The fourth-order valence-corrected chi connectivity index (χ4v) is 2.20. The first-order chi connectivity index (χ1) is 9.97. The van der Waals surface area contributed by atoms with Crippen molar-refractivity contribution in [1.29, 1.82) is 0 Å². The standard InChI is InChI=1S/C15H11Cl2NO3/c16-10-5-6-12(17)11(8-10)15(21)18-13-4-2-1-3-9(13)7-14(19)20/h1-6,8H,7H2,(H,18,21)(H,19,20). The molecule has 2 rings (SSSR count). The number of aliphatic carboxylic acids is 1. The molecule has 0 saturated carbocycles.